The third kappa shape index (κ3) is 13.4. The Morgan fingerprint density at radius 1 is 0.833 bits per heavy atom. The molecule has 7 nitrogen and oxygen atoms in total. The molecule has 3 atom stereocenters. The predicted molar refractivity (Wildman–Crippen MR) is 150 cm³/mol. The molecule has 0 aromatic heterocycles. The second-order valence-electron chi connectivity index (χ2n) is 9.94. The molecular formula is C28H48N4O3S. The van der Waals surface area contributed by atoms with Crippen molar-refractivity contribution in [2.75, 3.05) is 5.75 Å². The Labute approximate surface area is 222 Å². The van der Waals surface area contributed by atoms with E-state index in [9.17, 15) is 14.4 Å². The summed E-state index contributed by atoms with van der Waals surface area (Å²) in [5.74, 6) is 0.693. The normalized spacial score (nSPS) is 21.0. The lowest BCUT2D eigenvalue weighted by atomic mass is 10.0. The van der Waals surface area contributed by atoms with E-state index in [1.54, 1.807) is 0 Å². The summed E-state index contributed by atoms with van der Waals surface area (Å²) in [5, 5.41) is 6.36. The molecule has 0 radical (unpaired) electrons. The third-order valence-electron chi connectivity index (χ3n) is 6.78. The maximum atomic E-state index is 12.0. The van der Waals surface area contributed by atoms with Gasteiger partial charge in [0, 0.05) is 23.8 Å². The van der Waals surface area contributed by atoms with E-state index in [0.29, 0.717) is 18.1 Å². The Morgan fingerprint density at radius 2 is 1.44 bits per heavy atom. The third-order valence-corrected chi connectivity index (χ3v) is 8.29. The van der Waals surface area contributed by atoms with Crippen LogP contribution in [0.25, 0.3) is 0 Å². The summed E-state index contributed by atoms with van der Waals surface area (Å²) >= 11 is 1.89. The van der Waals surface area contributed by atoms with Crippen LogP contribution < -0.4 is 21.5 Å². The summed E-state index contributed by atoms with van der Waals surface area (Å²) in [6.45, 7) is 2.23. The van der Waals surface area contributed by atoms with E-state index in [1.165, 1.54) is 38.5 Å². The van der Waals surface area contributed by atoms with Gasteiger partial charge in [0.15, 0.2) is 0 Å². The molecule has 2 heterocycles. The number of carbonyl (C=O) groups excluding carboxylic acids is 3. The van der Waals surface area contributed by atoms with Gasteiger partial charge in [-0.1, -0.05) is 69.8 Å². The number of thioether (sulfide) groups is 1. The molecule has 2 saturated heterocycles. The van der Waals surface area contributed by atoms with Gasteiger partial charge in [-0.25, -0.2) is 4.79 Å². The minimum absolute atomic E-state index is 0.0646. The molecule has 204 valence electrons. The van der Waals surface area contributed by atoms with Gasteiger partial charge >= 0.3 is 6.03 Å². The monoisotopic (exact) mass is 520 g/mol. The number of hydrogen-bond acceptors (Lipinski definition) is 4. The van der Waals surface area contributed by atoms with Crippen molar-refractivity contribution in [1.82, 2.24) is 21.5 Å². The zero-order chi connectivity index (χ0) is 25.8. The predicted octanol–water partition coefficient (Wildman–Crippen LogP) is 5.67. The molecule has 36 heavy (non-hydrogen) atoms. The van der Waals surface area contributed by atoms with Crippen LogP contribution in [0.15, 0.2) is 24.3 Å². The number of unbranched alkanes of at least 4 members (excludes halogenated alkanes) is 9. The van der Waals surface area contributed by atoms with Gasteiger partial charge in [-0.3, -0.25) is 20.4 Å². The molecule has 4 amide bonds. The van der Waals surface area contributed by atoms with Crippen molar-refractivity contribution in [2.45, 2.75) is 127 Å². The molecule has 4 N–H and O–H groups in total. The Balaban J connectivity index is 1.34. The number of hydrazine groups is 1. The molecule has 0 spiro atoms. The highest BCUT2D eigenvalue weighted by molar-refractivity contribution is 8.00. The van der Waals surface area contributed by atoms with Crippen LogP contribution in [-0.2, 0) is 9.59 Å². The second kappa shape index (κ2) is 19.2. The van der Waals surface area contributed by atoms with Crippen molar-refractivity contribution in [2.24, 2.45) is 0 Å². The van der Waals surface area contributed by atoms with Gasteiger partial charge in [-0.15, -0.1) is 0 Å². The highest BCUT2D eigenvalue weighted by atomic mass is 32.2. The molecule has 0 bridgehead atoms. The molecule has 2 aliphatic rings. The first-order chi connectivity index (χ1) is 17.6. The van der Waals surface area contributed by atoms with E-state index < -0.39 is 0 Å². The van der Waals surface area contributed by atoms with Gasteiger partial charge in [0.25, 0.3) is 0 Å². The zero-order valence-electron chi connectivity index (χ0n) is 22.2. The highest BCUT2D eigenvalue weighted by Gasteiger charge is 2.42. The lowest BCUT2D eigenvalue weighted by Gasteiger charge is -2.16. The first-order valence-corrected chi connectivity index (χ1v) is 15.2. The number of urea groups is 1. The van der Waals surface area contributed by atoms with Gasteiger partial charge < -0.3 is 10.6 Å². The van der Waals surface area contributed by atoms with Crippen LogP contribution in [-0.4, -0.2) is 40.9 Å². The second-order valence-corrected chi connectivity index (χ2v) is 11.2. The van der Waals surface area contributed by atoms with Crippen molar-refractivity contribution < 1.29 is 14.4 Å². The lowest BCUT2D eigenvalue weighted by Crippen LogP contribution is -2.41. The number of carbonyl (C=O) groups is 3. The van der Waals surface area contributed by atoms with E-state index in [4.69, 9.17) is 0 Å². The van der Waals surface area contributed by atoms with Crippen molar-refractivity contribution in [3.63, 3.8) is 0 Å². The molecule has 2 fully saturated rings. The zero-order valence-corrected chi connectivity index (χ0v) is 23.0. The van der Waals surface area contributed by atoms with Crippen LogP contribution in [0.1, 0.15) is 110 Å². The Kier molecular flexibility index (Phi) is 16.1. The van der Waals surface area contributed by atoms with E-state index >= 15 is 0 Å². The van der Waals surface area contributed by atoms with Gasteiger partial charge in [0.1, 0.15) is 0 Å². The molecule has 0 aromatic carbocycles. The number of fused-ring (bicyclic) bond motifs is 1. The van der Waals surface area contributed by atoms with E-state index in [-0.39, 0.29) is 29.9 Å². The standard InChI is InChI=1S/C28H48N4O3S/c1-2-3-4-5-6-7-8-9-10-11-12-13-14-15-16-20-25(33)31-32-26(34)21-18-17-19-24-27-23(22-36-24)29-28(35)30-27/h6-7,9-10,23-24,27H,2-5,8,11-22H2,1H3,(H,31,33)(H,32,34)(H2,29,30,35)/b7-6-,10-9-/t23-,24-,27-/m0/s1. The Morgan fingerprint density at radius 3 is 2.14 bits per heavy atom. The molecule has 0 aliphatic carbocycles. The van der Waals surface area contributed by atoms with Crippen LogP contribution in [0.2, 0.25) is 0 Å². The maximum Gasteiger partial charge on any atom is 0.315 e. The number of rotatable bonds is 19. The van der Waals surface area contributed by atoms with Crippen molar-refractivity contribution >= 4 is 29.6 Å². The number of hydrogen-bond donors (Lipinski definition) is 4. The van der Waals surface area contributed by atoms with Gasteiger partial charge in [-0.05, 0) is 51.4 Å². The average Bonchev–Trinajstić information content (AvgIpc) is 3.42. The Bertz CT molecular complexity index is 713. The first-order valence-electron chi connectivity index (χ1n) is 14.2. The van der Waals surface area contributed by atoms with Crippen LogP contribution >= 0.6 is 11.8 Å². The first kappa shape index (κ1) is 30.3. The van der Waals surface area contributed by atoms with Crippen LogP contribution in [0.4, 0.5) is 4.79 Å². The van der Waals surface area contributed by atoms with E-state index in [1.807, 2.05) is 11.8 Å². The summed E-state index contributed by atoms with van der Waals surface area (Å²) in [5.41, 5.74) is 5.07. The number of allylic oxidation sites excluding steroid dienone is 4. The smallest absolute Gasteiger partial charge is 0.315 e. The van der Waals surface area contributed by atoms with Crippen LogP contribution in [0.5, 0.6) is 0 Å². The minimum atomic E-state index is -0.142. The molecule has 0 aromatic rings. The van der Waals surface area contributed by atoms with Crippen molar-refractivity contribution in [3.05, 3.63) is 24.3 Å². The Hall–Kier alpha value is -1.96. The SMILES string of the molecule is CCCCC/C=C\C/C=C\CCCCCCCC(=O)NNC(=O)CCCC[C@@H]1SC[C@@H]2NC(=O)N[C@@H]21. The van der Waals surface area contributed by atoms with E-state index in [2.05, 4.69) is 52.7 Å². The highest BCUT2D eigenvalue weighted by Crippen LogP contribution is 2.33. The van der Waals surface area contributed by atoms with E-state index in [0.717, 1.165) is 57.1 Å². The quantitative estimate of drug-likeness (QED) is 0.0763. The number of nitrogens with one attached hydrogen (secondary N) is 4. The molecular weight excluding hydrogens is 472 g/mol. The van der Waals surface area contributed by atoms with Crippen LogP contribution in [0.3, 0.4) is 0 Å². The summed E-state index contributed by atoms with van der Waals surface area (Å²) in [6, 6.07) is 0.389. The topological polar surface area (TPSA) is 99.3 Å². The fourth-order valence-corrected chi connectivity index (χ4v) is 6.18. The minimum Gasteiger partial charge on any atom is -0.332 e. The fourth-order valence-electron chi connectivity index (χ4n) is 4.64. The molecule has 8 heteroatoms. The summed E-state index contributed by atoms with van der Waals surface area (Å²) in [4.78, 5) is 35.3. The summed E-state index contributed by atoms with van der Waals surface area (Å²) in [6.07, 6.45) is 25.4. The maximum absolute atomic E-state index is 12.0. The van der Waals surface area contributed by atoms with Crippen molar-refractivity contribution in [1.29, 1.82) is 0 Å². The molecule has 0 saturated carbocycles. The summed E-state index contributed by atoms with van der Waals surface area (Å²) < 4.78 is 0. The molecule has 2 rings (SSSR count). The fraction of sp³-hybridized carbons (Fsp3) is 0.750. The lowest BCUT2D eigenvalue weighted by molar-refractivity contribution is -0.129. The summed E-state index contributed by atoms with van der Waals surface area (Å²) in [7, 11) is 0. The largest absolute Gasteiger partial charge is 0.332 e. The average molecular weight is 521 g/mol. The number of amides is 4. The van der Waals surface area contributed by atoms with Gasteiger partial charge in [0.05, 0.1) is 12.1 Å². The van der Waals surface area contributed by atoms with Crippen molar-refractivity contribution in [3.8, 4) is 0 Å². The van der Waals surface area contributed by atoms with Gasteiger partial charge in [0.2, 0.25) is 11.8 Å². The molecule has 2 aliphatic heterocycles. The van der Waals surface area contributed by atoms with Gasteiger partial charge in [-0.2, -0.15) is 11.8 Å². The van der Waals surface area contributed by atoms with Crippen LogP contribution in [0, 0.1) is 0 Å². The molecule has 0 unspecified atom stereocenters.